The lowest BCUT2D eigenvalue weighted by Crippen LogP contribution is -2.42. The zero-order valence-corrected chi connectivity index (χ0v) is 43.1. The zero-order valence-electron chi connectivity index (χ0n) is 37.9. The molecule has 0 bridgehead atoms. The van der Waals surface area contributed by atoms with Gasteiger partial charge in [0.1, 0.15) is 0 Å². The average Bonchev–Trinajstić information content (AvgIpc) is 3.98. The van der Waals surface area contributed by atoms with Crippen LogP contribution in [0.3, 0.4) is 0 Å². The summed E-state index contributed by atoms with van der Waals surface area (Å²) in [5.41, 5.74) is 28.0. The second kappa shape index (κ2) is 16.3. The molecule has 0 radical (unpaired) electrons. The second-order valence-corrected chi connectivity index (χ2v) is 31.1. The molecule has 4 heteroatoms. The molecule has 62 heavy (non-hydrogen) atoms. The highest BCUT2D eigenvalue weighted by atomic mass is 79.9. The van der Waals surface area contributed by atoms with Crippen molar-refractivity contribution in [2.24, 2.45) is 0 Å². The molecule has 0 heterocycles. The van der Waals surface area contributed by atoms with E-state index in [-0.39, 0.29) is 0 Å². The summed E-state index contributed by atoms with van der Waals surface area (Å²) in [7, 11) is -3.56. The molecule has 0 saturated heterocycles. The third-order valence-corrected chi connectivity index (χ3v) is 25.1. The van der Waals surface area contributed by atoms with Gasteiger partial charge in [-0.2, -0.15) is 0 Å². The molecule has 0 spiro atoms. The van der Waals surface area contributed by atoms with Crippen molar-refractivity contribution in [1.29, 1.82) is 0 Å². The van der Waals surface area contributed by atoms with Gasteiger partial charge in [0.05, 0.1) is 16.1 Å². The predicted octanol–water partition coefficient (Wildman–Crippen LogP) is 17.8. The van der Waals surface area contributed by atoms with Gasteiger partial charge < -0.3 is 0 Å². The molecule has 0 nitrogen and oxygen atoms in total. The van der Waals surface area contributed by atoms with Crippen LogP contribution in [-0.2, 0) is 0 Å². The summed E-state index contributed by atoms with van der Waals surface area (Å²) in [5, 5.41) is 0. The van der Waals surface area contributed by atoms with Gasteiger partial charge in [-0.05, 0) is 120 Å². The first-order valence-electron chi connectivity index (χ1n) is 22.3. The van der Waals surface area contributed by atoms with Crippen LogP contribution < -0.4 is 0 Å². The molecule has 4 unspecified atom stereocenters. The number of halogens is 2. The van der Waals surface area contributed by atoms with Gasteiger partial charge in [-0.25, -0.2) is 0 Å². The Balaban J connectivity index is 0.000000171. The minimum absolute atomic E-state index is 0.509. The lowest BCUT2D eigenvalue weighted by Gasteiger charge is -2.39. The SMILES string of the molecule is CC1=Cc2c(-c3ccc(C)cc3)cccc2C1[Si](C)(C)C1C(C)=Cc2c(-c3ccc(C)cc3)cccc21.CC1=Cc2c(Br)cccc2C1[Si](C)(C)C1C(C)=Cc2c(Br)cccc21. The average molecular weight is 971 g/mol. The van der Waals surface area contributed by atoms with Gasteiger partial charge in [0.2, 0.25) is 0 Å². The lowest BCUT2D eigenvalue weighted by atomic mass is 9.96. The Kier molecular flexibility index (Phi) is 11.3. The maximum absolute atomic E-state index is 3.75. The van der Waals surface area contributed by atoms with E-state index in [2.05, 4.69) is 245 Å². The number of benzene rings is 6. The third-order valence-electron chi connectivity index (χ3n) is 14.7. The Bertz CT molecular complexity index is 2690. The predicted molar refractivity (Wildman–Crippen MR) is 282 cm³/mol. The van der Waals surface area contributed by atoms with Crippen molar-refractivity contribution in [2.75, 3.05) is 0 Å². The summed E-state index contributed by atoms with van der Waals surface area (Å²) >= 11 is 7.51. The number of hydrogen-bond acceptors (Lipinski definition) is 0. The van der Waals surface area contributed by atoms with E-state index in [4.69, 9.17) is 0 Å². The Labute approximate surface area is 389 Å². The van der Waals surface area contributed by atoms with E-state index in [0.29, 0.717) is 22.2 Å². The van der Waals surface area contributed by atoms with Crippen LogP contribution in [0.15, 0.2) is 153 Å². The molecule has 6 aromatic carbocycles. The number of fused-ring (bicyclic) bond motifs is 4. The highest BCUT2D eigenvalue weighted by Crippen LogP contribution is 2.56. The van der Waals surface area contributed by atoms with E-state index >= 15 is 0 Å². The van der Waals surface area contributed by atoms with E-state index in [9.17, 15) is 0 Å². The first-order valence-corrected chi connectivity index (χ1v) is 30.2. The Morgan fingerprint density at radius 3 is 0.935 bits per heavy atom. The van der Waals surface area contributed by atoms with Gasteiger partial charge in [0.15, 0.2) is 0 Å². The molecular formula is C58H58Br2Si2. The van der Waals surface area contributed by atoms with Gasteiger partial charge in [-0.15, -0.1) is 0 Å². The summed E-state index contributed by atoms with van der Waals surface area (Å²) in [6.07, 6.45) is 9.77. The number of aryl methyl sites for hydroxylation is 2. The number of hydrogen-bond donors (Lipinski definition) is 0. The zero-order chi connectivity index (χ0) is 43.8. The summed E-state index contributed by atoms with van der Waals surface area (Å²) in [5.74, 6) is 0. The Hall–Kier alpha value is -4.33. The molecule has 0 aromatic heterocycles. The highest BCUT2D eigenvalue weighted by molar-refractivity contribution is 9.10. The Morgan fingerprint density at radius 1 is 0.339 bits per heavy atom. The molecular weight excluding hydrogens is 913 g/mol. The molecule has 0 aliphatic heterocycles. The topological polar surface area (TPSA) is 0 Å². The fraction of sp³-hybridized carbons (Fsp3) is 0.241. The van der Waals surface area contributed by atoms with Crippen LogP contribution in [0.4, 0.5) is 0 Å². The van der Waals surface area contributed by atoms with Crippen LogP contribution in [-0.4, -0.2) is 16.1 Å². The molecule has 312 valence electrons. The maximum Gasteiger partial charge on any atom is 0.0722 e. The van der Waals surface area contributed by atoms with Crippen molar-refractivity contribution >= 4 is 72.3 Å². The van der Waals surface area contributed by atoms with E-state index < -0.39 is 16.1 Å². The van der Waals surface area contributed by atoms with E-state index in [0.717, 1.165) is 0 Å². The van der Waals surface area contributed by atoms with Crippen LogP contribution in [0.5, 0.6) is 0 Å². The molecule has 4 aliphatic carbocycles. The molecule has 6 aromatic rings. The molecule has 0 saturated carbocycles. The van der Waals surface area contributed by atoms with Crippen LogP contribution in [0.2, 0.25) is 26.2 Å². The summed E-state index contributed by atoms with van der Waals surface area (Å²) < 4.78 is 2.44. The summed E-state index contributed by atoms with van der Waals surface area (Å²) in [6.45, 7) is 24.1. The standard InChI is InChI=1S/C36H36Si.C22H22Br2Si/c1-23-13-17-27(18-14-23)29-9-7-11-31-33(29)21-25(3)35(31)37(5,6)36-26(4)22-34-30(10-8-12-32(34)36)28-19-15-24(2)16-20-28;1-13-11-17-15(7-5-9-19(17)23)21(13)25(3,4)22-14(2)12-18-16(22)8-6-10-20(18)24/h7-22,35-36H,1-6H3;5-12,21-22H,1-4H3. The van der Waals surface area contributed by atoms with Crippen molar-refractivity contribution in [2.45, 2.75) is 89.9 Å². The van der Waals surface area contributed by atoms with Crippen LogP contribution in [0.1, 0.15) is 105 Å². The third kappa shape index (κ3) is 7.23. The van der Waals surface area contributed by atoms with Crippen molar-refractivity contribution in [3.63, 3.8) is 0 Å². The molecule has 0 N–H and O–H groups in total. The summed E-state index contributed by atoms with van der Waals surface area (Å²) in [6, 6.07) is 45.3. The fourth-order valence-electron chi connectivity index (χ4n) is 12.4. The molecule has 0 fully saturated rings. The Morgan fingerprint density at radius 2 is 0.613 bits per heavy atom. The molecule has 4 atom stereocenters. The monoisotopic (exact) mass is 968 g/mol. The smallest absolute Gasteiger partial charge is 0.0679 e. The van der Waals surface area contributed by atoms with Crippen LogP contribution >= 0.6 is 31.9 Å². The van der Waals surface area contributed by atoms with Gasteiger partial charge in [0, 0.05) is 31.1 Å². The molecule has 10 rings (SSSR count). The number of allylic oxidation sites excluding steroid dienone is 4. The molecule has 4 aliphatic rings. The van der Waals surface area contributed by atoms with E-state index in [1.165, 1.54) is 109 Å². The summed E-state index contributed by atoms with van der Waals surface area (Å²) in [4.78, 5) is 0. The van der Waals surface area contributed by atoms with Gasteiger partial charge in [-0.1, -0.05) is 225 Å². The number of rotatable bonds is 6. The van der Waals surface area contributed by atoms with Gasteiger partial charge in [-0.3, -0.25) is 0 Å². The largest absolute Gasteiger partial charge is 0.0722 e. The first-order chi connectivity index (χ1) is 29.6. The van der Waals surface area contributed by atoms with E-state index in [1.54, 1.807) is 0 Å². The second-order valence-electron chi connectivity index (χ2n) is 19.8. The van der Waals surface area contributed by atoms with E-state index in [1.807, 2.05) is 0 Å². The minimum Gasteiger partial charge on any atom is -0.0679 e. The maximum atomic E-state index is 3.75. The normalized spacial score (nSPS) is 19.7. The quantitative estimate of drug-likeness (QED) is 0.146. The first kappa shape index (κ1) is 42.9. The van der Waals surface area contributed by atoms with Crippen LogP contribution in [0.25, 0.3) is 46.6 Å². The van der Waals surface area contributed by atoms with Crippen molar-refractivity contribution in [3.05, 3.63) is 208 Å². The lowest BCUT2D eigenvalue weighted by molar-refractivity contribution is 0.967. The van der Waals surface area contributed by atoms with Crippen molar-refractivity contribution in [3.8, 4) is 22.3 Å². The van der Waals surface area contributed by atoms with Crippen molar-refractivity contribution < 1.29 is 0 Å². The fourth-order valence-corrected chi connectivity index (χ4v) is 23.3. The highest BCUT2D eigenvalue weighted by Gasteiger charge is 2.48. The van der Waals surface area contributed by atoms with Gasteiger partial charge >= 0.3 is 0 Å². The minimum atomic E-state index is -1.87. The van der Waals surface area contributed by atoms with Crippen LogP contribution in [0, 0.1) is 13.8 Å². The van der Waals surface area contributed by atoms with Gasteiger partial charge in [0.25, 0.3) is 0 Å². The van der Waals surface area contributed by atoms with Crippen molar-refractivity contribution in [1.82, 2.24) is 0 Å². The molecule has 0 amide bonds.